The molecule has 0 fully saturated rings. The highest BCUT2D eigenvalue weighted by Crippen LogP contribution is 2.16. The molecule has 0 radical (unpaired) electrons. The predicted molar refractivity (Wildman–Crippen MR) is 83.7 cm³/mol. The molecule has 6 nitrogen and oxygen atoms in total. The molecular formula is C15H24N4O2. The summed E-state index contributed by atoms with van der Waals surface area (Å²) in [6.45, 7) is 8.03. The summed E-state index contributed by atoms with van der Waals surface area (Å²) in [6.07, 6.45) is 5.06. The van der Waals surface area contributed by atoms with Gasteiger partial charge in [0.2, 0.25) is 11.8 Å². The first-order valence-electron chi connectivity index (χ1n) is 6.95. The lowest BCUT2D eigenvalue weighted by Crippen LogP contribution is -2.36. The summed E-state index contributed by atoms with van der Waals surface area (Å²) in [5.74, 6) is 1.75. The van der Waals surface area contributed by atoms with Gasteiger partial charge in [-0.25, -0.2) is 9.98 Å². The quantitative estimate of drug-likeness (QED) is 0.796. The number of methoxy groups -OCH3 is 2. The first kappa shape index (κ1) is 17.1. The van der Waals surface area contributed by atoms with E-state index in [1.54, 1.807) is 32.8 Å². The Morgan fingerprint density at radius 3 is 2.10 bits per heavy atom. The van der Waals surface area contributed by atoms with Gasteiger partial charge in [0.1, 0.15) is 12.1 Å². The monoisotopic (exact) mass is 292 g/mol. The third-order valence-corrected chi connectivity index (χ3v) is 2.94. The van der Waals surface area contributed by atoms with Crippen LogP contribution in [0.4, 0.5) is 0 Å². The summed E-state index contributed by atoms with van der Waals surface area (Å²) in [7, 11) is 3.26. The number of nitrogens with zero attached hydrogens (tertiary/aromatic N) is 4. The van der Waals surface area contributed by atoms with Gasteiger partial charge in [-0.3, -0.25) is 9.97 Å². The molecule has 0 amide bonds. The van der Waals surface area contributed by atoms with E-state index in [2.05, 4.69) is 33.8 Å². The van der Waals surface area contributed by atoms with Crippen LogP contribution in [-0.2, 0) is 9.47 Å². The highest BCUT2D eigenvalue weighted by atomic mass is 16.5. The van der Waals surface area contributed by atoms with Gasteiger partial charge in [-0.05, 0) is 19.8 Å². The second-order valence-corrected chi connectivity index (χ2v) is 5.05. The zero-order valence-electron chi connectivity index (χ0n) is 13.6. The molecule has 1 aliphatic heterocycles. The molecule has 2 atom stereocenters. The molecule has 1 aliphatic rings. The molecule has 0 saturated carbocycles. The van der Waals surface area contributed by atoms with E-state index < -0.39 is 0 Å². The summed E-state index contributed by atoms with van der Waals surface area (Å²) < 4.78 is 10.4. The third-order valence-electron chi connectivity index (χ3n) is 2.94. The summed E-state index contributed by atoms with van der Waals surface area (Å²) >= 11 is 0. The number of rotatable bonds is 1. The van der Waals surface area contributed by atoms with E-state index in [1.807, 2.05) is 13.8 Å². The van der Waals surface area contributed by atoms with Gasteiger partial charge in [0, 0.05) is 18.6 Å². The fraction of sp³-hybridized carbons (Fsp3) is 0.600. The average Bonchev–Trinajstić information content (AvgIpc) is 2.48. The SMILES string of the molecule is COC1=N[C@H](C(C)C)C(OC)=NC1C.Cc1cnccn1. The summed E-state index contributed by atoms with van der Waals surface area (Å²) in [4.78, 5) is 16.6. The van der Waals surface area contributed by atoms with Crippen LogP contribution in [-0.4, -0.2) is 48.1 Å². The van der Waals surface area contributed by atoms with Crippen molar-refractivity contribution in [1.82, 2.24) is 9.97 Å². The Kier molecular flexibility index (Phi) is 6.78. The molecular weight excluding hydrogens is 268 g/mol. The second-order valence-electron chi connectivity index (χ2n) is 5.05. The van der Waals surface area contributed by atoms with E-state index in [0.29, 0.717) is 17.7 Å². The maximum absolute atomic E-state index is 5.22. The molecule has 1 aromatic rings. The van der Waals surface area contributed by atoms with Gasteiger partial charge in [-0.2, -0.15) is 0 Å². The Hall–Kier alpha value is -1.98. The van der Waals surface area contributed by atoms with Crippen molar-refractivity contribution in [3.8, 4) is 0 Å². The van der Waals surface area contributed by atoms with Crippen LogP contribution >= 0.6 is 0 Å². The third kappa shape index (κ3) is 5.13. The lowest BCUT2D eigenvalue weighted by molar-refractivity contribution is 0.335. The lowest BCUT2D eigenvalue weighted by Gasteiger charge is -2.25. The largest absolute Gasteiger partial charge is 0.483 e. The predicted octanol–water partition coefficient (Wildman–Crippen LogP) is 2.29. The number of hydrogen-bond donors (Lipinski definition) is 0. The van der Waals surface area contributed by atoms with Crippen LogP contribution in [0.2, 0.25) is 0 Å². The number of hydrogen-bond acceptors (Lipinski definition) is 6. The fourth-order valence-electron chi connectivity index (χ4n) is 1.83. The molecule has 0 bridgehead atoms. The Morgan fingerprint density at radius 2 is 1.71 bits per heavy atom. The number of ether oxygens (including phenoxy) is 2. The molecule has 21 heavy (non-hydrogen) atoms. The van der Waals surface area contributed by atoms with Crippen LogP contribution in [0.5, 0.6) is 0 Å². The van der Waals surface area contributed by atoms with Crippen molar-refractivity contribution in [3.05, 3.63) is 24.3 Å². The molecule has 1 aromatic heterocycles. The Balaban J connectivity index is 0.000000262. The number of aryl methyl sites for hydroxylation is 1. The minimum absolute atomic E-state index is 0.00819. The van der Waals surface area contributed by atoms with E-state index in [-0.39, 0.29) is 12.1 Å². The van der Waals surface area contributed by atoms with E-state index in [9.17, 15) is 0 Å². The van der Waals surface area contributed by atoms with Crippen molar-refractivity contribution in [2.45, 2.75) is 39.8 Å². The van der Waals surface area contributed by atoms with Gasteiger partial charge >= 0.3 is 0 Å². The smallest absolute Gasteiger partial charge is 0.209 e. The first-order chi connectivity index (χ1) is 9.99. The van der Waals surface area contributed by atoms with E-state index in [0.717, 1.165) is 5.69 Å². The molecule has 0 saturated heterocycles. The minimum atomic E-state index is -0.0371. The highest BCUT2D eigenvalue weighted by Gasteiger charge is 2.28. The molecule has 0 spiro atoms. The number of aromatic nitrogens is 2. The van der Waals surface area contributed by atoms with Crippen LogP contribution in [0.1, 0.15) is 26.5 Å². The van der Waals surface area contributed by atoms with Crippen LogP contribution in [0.15, 0.2) is 28.6 Å². The normalized spacial score (nSPS) is 20.9. The first-order valence-corrected chi connectivity index (χ1v) is 6.95. The van der Waals surface area contributed by atoms with Crippen molar-refractivity contribution >= 4 is 11.8 Å². The number of aliphatic imine (C=N–C) groups is 2. The van der Waals surface area contributed by atoms with Crippen LogP contribution < -0.4 is 0 Å². The van der Waals surface area contributed by atoms with Crippen LogP contribution in [0, 0.1) is 12.8 Å². The van der Waals surface area contributed by atoms with Crippen molar-refractivity contribution in [2.75, 3.05) is 14.2 Å². The van der Waals surface area contributed by atoms with Gasteiger partial charge in [0.25, 0.3) is 0 Å². The van der Waals surface area contributed by atoms with Gasteiger partial charge < -0.3 is 9.47 Å². The minimum Gasteiger partial charge on any atom is -0.483 e. The fourth-order valence-corrected chi connectivity index (χ4v) is 1.83. The maximum atomic E-state index is 5.22. The van der Waals surface area contributed by atoms with Gasteiger partial charge in [-0.1, -0.05) is 13.8 Å². The van der Waals surface area contributed by atoms with Crippen LogP contribution in [0.3, 0.4) is 0 Å². The van der Waals surface area contributed by atoms with Crippen molar-refractivity contribution < 1.29 is 9.47 Å². The molecule has 2 rings (SSSR count). The topological polar surface area (TPSA) is 69.0 Å². The summed E-state index contributed by atoms with van der Waals surface area (Å²) in [6, 6.07) is -0.0453. The molecule has 2 heterocycles. The van der Waals surface area contributed by atoms with Gasteiger partial charge in [-0.15, -0.1) is 0 Å². The zero-order valence-corrected chi connectivity index (χ0v) is 13.6. The van der Waals surface area contributed by atoms with Crippen molar-refractivity contribution in [2.24, 2.45) is 15.9 Å². The molecule has 0 aliphatic carbocycles. The zero-order chi connectivity index (χ0) is 15.8. The maximum Gasteiger partial charge on any atom is 0.209 e. The van der Waals surface area contributed by atoms with Gasteiger partial charge in [0.05, 0.1) is 19.9 Å². The summed E-state index contributed by atoms with van der Waals surface area (Å²) in [5.41, 5.74) is 0.961. The molecule has 0 aromatic carbocycles. The van der Waals surface area contributed by atoms with E-state index >= 15 is 0 Å². The standard InChI is InChI=1S/C10H18N2O2.C5H6N2/c1-6(2)8-10(14-5)11-7(3)9(12-8)13-4;1-5-4-6-2-3-7-5/h6-8H,1-5H3;2-4H,1H3/t7?,8-;/m1./s1. The Morgan fingerprint density at radius 1 is 1.05 bits per heavy atom. The van der Waals surface area contributed by atoms with Gasteiger partial charge in [0.15, 0.2) is 0 Å². The van der Waals surface area contributed by atoms with E-state index in [1.165, 1.54) is 0 Å². The highest BCUT2D eigenvalue weighted by molar-refractivity contribution is 5.93. The van der Waals surface area contributed by atoms with Crippen molar-refractivity contribution in [3.63, 3.8) is 0 Å². The van der Waals surface area contributed by atoms with Crippen LogP contribution in [0.25, 0.3) is 0 Å². The average molecular weight is 292 g/mol. The van der Waals surface area contributed by atoms with Crippen molar-refractivity contribution in [1.29, 1.82) is 0 Å². The molecule has 116 valence electrons. The molecule has 1 unspecified atom stereocenters. The Bertz CT molecular complexity index is 486. The Labute approximate surface area is 126 Å². The molecule has 6 heteroatoms. The second kappa shape index (κ2) is 8.34. The van der Waals surface area contributed by atoms with E-state index in [4.69, 9.17) is 9.47 Å². The lowest BCUT2D eigenvalue weighted by atomic mass is 10.0. The molecule has 0 N–H and O–H groups in total. The summed E-state index contributed by atoms with van der Waals surface area (Å²) in [5, 5.41) is 0.